The molecule has 0 bridgehead atoms. The highest BCUT2D eigenvalue weighted by Crippen LogP contribution is 2.27. The number of aromatic amines is 2. The summed E-state index contributed by atoms with van der Waals surface area (Å²) in [6.45, 7) is 0. The molecule has 2 aromatic carbocycles. The Kier molecular flexibility index (Phi) is 4.34. The zero-order valence-corrected chi connectivity index (χ0v) is 14.7. The lowest BCUT2D eigenvalue weighted by molar-refractivity contribution is 0.972. The smallest absolute Gasteiger partial charge is 0.275 e. The molecule has 0 unspecified atom stereocenters. The van der Waals surface area contributed by atoms with E-state index in [1.165, 1.54) is 11.8 Å². The van der Waals surface area contributed by atoms with Crippen molar-refractivity contribution in [1.82, 2.24) is 15.0 Å². The molecule has 4 nitrogen and oxygen atoms in total. The number of thioether (sulfide) groups is 1. The maximum atomic E-state index is 12.3. The SMILES string of the molecule is O=c1[nH]c(SCc2ccc(Cl)cc2)nc2c(-c3ccccc3)c[nH]c12. The maximum absolute atomic E-state index is 12.3. The first-order valence-corrected chi connectivity index (χ1v) is 9.11. The van der Waals surface area contributed by atoms with Gasteiger partial charge in [-0.15, -0.1) is 0 Å². The number of nitrogens with one attached hydrogen (secondary N) is 2. The Morgan fingerprint density at radius 1 is 1.04 bits per heavy atom. The maximum Gasteiger partial charge on any atom is 0.275 e. The normalized spacial score (nSPS) is 11.1. The number of aromatic nitrogens is 3. The molecule has 6 heteroatoms. The predicted molar refractivity (Wildman–Crippen MR) is 103 cm³/mol. The van der Waals surface area contributed by atoms with Crippen molar-refractivity contribution in [3.8, 4) is 11.1 Å². The Morgan fingerprint density at radius 2 is 1.80 bits per heavy atom. The average Bonchev–Trinajstić information content (AvgIpc) is 3.06. The Labute approximate surface area is 153 Å². The van der Waals surface area contributed by atoms with Crippen molar-refractivity contribution in [2.45, 2.75) is 10.9 Å². The van der Waals surface area contributed by atoms with Gasteiger partial charge in [0.2, 0.25) is 0 Å². The van der Waals surface area contributed by atoms with Crippen LogP contribution in [0.15, 0.2) is 70.7 Å². The third kappa shape index (κ3) is 3.34. The zero-order chi connectivity index (χ0) is 17.2. The third-order valence-electron chi connectivity index (χ3n) is 3.89. The van der Waals surface area contributed by atoms with Crippen molar-refractivity contribution in [2.75, 3.05) is 0 Å². The van der Waals surface area contributed by atoms with E-state index in [9.17, 15) is 4.79 Å². The summed E-state index contributed by atoms with van der Waals surface area (Å²) in [5.41, 5.74) is 4.10. The third-order valence-corrected chi connectivity index (χ3v) is 5.08. The average molecular weight is 368 g/mol. The standard InChI is InChI=1S/C19H14ClN3OS/c20-14-8-6-12(7-9-14)11-25-19-22-16-15(13-4-2-1-3-5-13)10-21-17(16)18(24)23-19/h1-10,21H,11H2,(H,22,23,24). The molecule has 2 aromatic heterocycles. The van der Waals surface area contributed by atoms with Gasteiger partial charge in [0.15, 0.2) is 5.16 Å². The fraction of sp³-hybridized carbons (Fsp3) is 0.0526. The molecule has 4 rings (SSSR count). The Bertz CT molecular complexity index is 1070. The molecule has 0 saturated heterocycles. The molecule has 0 spiro atoms. The second-order valence-corrected chi connectivity index (χ2v) is 6.98. The van der Waals surface area contributed by atoms with E-state index in [4.69, 9.17) is 11.6 Å². The van der Waals surface area contributed by atoms with E-state index in [-0.39, 0.29) is 5.56 Å². The Hall–Kier alpha value is -2.50. The van der Waals surface area contributed by atoms with E-state index in [0.717, 1.165) is 16.7 Å². The van der Waals surface area contributed by atoms with E-state index < -0.39 is 0 Å². The summed E-state index contributed by atoms with van der Waals surface area (Å²) < 4.78 is 0. The van der Waals surface area contributed by atoms with Crippen LogP contribution in [0.5, 0.6) is 0 Å². The Balaban J connectivity index is 1.68. The number of rotatable bonds is 4. The van der Waals surface area contributed by atoms with E-state index in [2.05, 4.69) is 15.0 Å². The van der Waals surface area contributed by atoms with Gasteiger partial charge in [0, 0.05) is 22.5 Å². The summed E-state index contributed by atoms with van der Waals surface area (Å²) in [5.74, 6) is 0.705. The lowest BCUT2D eigenvalue weighted by atomic mass is 10.1. The fourth-order valence-corrected chi connectivity index (χ4v) is 3.58. The largest absolute Gasteiger partial charge is 0.355 e. The van der Waals surface area contributed by atoms with Crippen LogP contribution in [0.3, 0.4) is 0 Å². The molecule has 2 heterocycles. The molecule has 2 N–H and O–H groups in total. The van der Waals surface area contributed by atoms with Crippen LogP contribution in [0.25, 0.3) is 22.2 Å². The van der Waals surface area contributed by atoms with Crippen molar-refractivity contribution < 1.29 is 0 Å². The lowest BCUT2D eigenvalue weighted by Gasteiger charge is -2.03. The number of hydrogen-bond donors (Lipinski definition) is 2. The van der Waals surface area contributed by atoms with Crippen LogP contribution in [0, 0.1) is 0 Å². The molecule has 4 aromatic rings. The minimum Gasteiger partial charge on any atom is -0.355 e. The molecular weight excluding hydrogens is 354 g/mol. The first-order chi connectivity index (χ1) is 12.2. The highest BCUT2D eigenvalue weighted by molar-refractivity contribution is 7.98. The highest BCUT2D eigenvalue weighted by Gasteiger charge is 2.12. The van der Waals surface area contributed by atoms with Crippen molar-refractivity contribution in [3.05, 3.63) is 81.7 Å². The Morgan fingerprint density at radius 3 is 2.56 bits per heavy atom. The van der Waals surface area contributed by atoms with Crippen LogP contribution in [0.1, 0.15) is 5.56 Å². The molecule has 0 saturated carbocycles. The topological polar surface area (TPSA) is 61.5 Å². The molecule has 0 aliphatic carbocycles. The molecule has 124 valence electrons. The zero-order valence-electron chi connectivity index (χ0n) is 13.1. The molecule has 0 fully saturated rings. The van der Waals surface area contributed by atoms with Crippen LogP contribution in [-0.2, 0) is 5.75 Å². The van der Waals surface area contributed by atoms with Crippen LogP contribution in [-0.4, -0.2) is 15.0 Å². The van der Waals surface area contributed by atoms with Crippen LogP contribution in [0.4, 0.5) is 0 Å². The molecule has 0 radical (unpaired) electrons. The summed E-state index contributed by atoms with van der Waals surface area (Å²) >= 11 is 7.40. The van der Waals surface area contributed by atoms with Crippen LogP contribution >= 0.6 is 23.4 Å². The first-order valence-electron chi connectivity index (χ1n) is 7.75. The fourth-order valence-electron chi connectivity index (χ4n) is 2.63. The van der Waals surface area contributed by atoms with E-state index in [1.807, 2.05) is 60.8 Å². The number of hydrogen-bond acceptors (Lipinski definition) is 3. The number of H-pyrrole nitrogens is 2. The second-order valence-electron chi connectivity index (χ2n) is 5.58. The monoisotopic (exact) mass is 367 g/mol. The quantitative estimate of drug-likeness (QED) is 0.400. The molecular formula is C19H14ClN3OS. The van der Waals surface area contributed by atoms with Crippen molar-refractivity contribution in [3.63, 3.8) is 0 Å². The second kappa shape index (κ2) is 6.78. The van der Waals surface area contributed by atoms with Crippen molar-refractivity contribution >= 4 is 34.4 Å². The van der Waals surface area contributed by atoms with Crippen LogP contribution < -0.4 is 5.56 Å². The van der Waals surface area contributed by atoms with Gasteiger partial charge in [0.25, 0.3) is 5.56 Å². The van der Waals surface area contributed by atoms with Gasteiger partial charge < -0.3 is 4.98 Å². The van der Waals surface area contributed by atoms with Gasteiger partial charge >= 0.3 is 0 Å². The van der Waals surface area contributed by atoms with Gasteiger partial charge in [0.1, 0.15) is 11.0 Å². The summed E-state index contributed by atoms with van der Waals surface area (Å²) in [5, 5.41) is 1.31. The van der Waals surface area contributed by atoms with Gasteiger partial charge in [-0.2, -0.15) is 0 Å². The van der Waals surface area contributed by atoms with E-state index in [1.54, 1.807) is 0 Å². The molecule has 0 aliphatic heterocycles. The molecule has 0 atom stereocenters. The van der Waals surface area contributed by atoms with E-state index in [0.29, 0.717) is 27.0 Å². The summed E-state index contributed by atoms with van der Waals surface area (Å²) in [6.07, 6.45) is 1.83. The van der Waals surface area contributed by atoms with E-state index >= 15 is 0 Å². The number of fused-ring (bicyclic) bond motifs is 1. The van der Waals surface area contributed by atoms with Gasteiger partial charge in [-0.3, -0.25) is 9.78 Å². The minimum absolute atomic E-state index is 0.161. The van der Waals surface area contributed by atoms with Gasteiger partial charge in [0.05, 0.1) is 0 Å². The minimum atomic E-state index is -0.161. The molecule has 25 heavy (non-hydrogen) atoms. The van der Waals surface area contributed by atoms with Gasteiger partial charge in [-0.05, 0) is 23.3 Å². The molecule has 0 amide bonds. The number of benzene rings is 2. The highest BCUT2D eigenvalue weighted by atomic mass is 35.5. The van der Waals surface area contributed by atoms with Gasteiger partial charge in [-0.25, -0.2) is 4.98 Å². The lowest BCUT2D eigenvalue weighted by Crippen LogP contribution is -2.09. The number of nitrogens with zero attached hydrogens (tertiary/aromatic N) is 1. The summed E-state index contributed by atoms with van der Waals surface area (Å²) in [4.78, 5) is 22.9. The molecule has 0 aliphatic rings. The van der Waals surface area contributed by atoms with Crippen LogP contribution in [0.2, 0.25) is 5.02 Å². The van der Waals surface area contributed by atoms with Crippen molar-refractivity contribution in [1.29, 1.82) is 0 Å². The first kappa shape index (κ1) is 16.0. The van der Waals surface area contributed by atoms with Gasteiger partial charge in [-0.1, -0.05) is 65.8 Å². The summed E-state index contributed by atoms with van der Waals surface area (Å²) in [6, 6.07) is 17.6. The van der Waals surface area contributed by atoms with Crippen molar-refractivity contribution in [2.24, 2.45) is 0 Å². The predicted octanol–water partition coefficient (Wildman–Crippen LogP) is 4.86. The number of halogens is 1. The summed E-state index contributed by atoms with van der Waals surface area (Å²) in [7, 11) is 0.